The molecule has 0 aliphatic heterocycles. The SMILES string of the molecule is CC(C)(C)OC(=O)N(C(=O)OC(C)(C)C)c1cc(CC#N)nn1-c1ccc(F)cc1. The molecule has 0 radical (unpaired) electrons. The van der Waals surface area contributed by atoms with E-state index in [1.807, 2.05) is 6.07 Å². The predicted octanol–water partition coefficient (Wildman–Crippen LogP) is 4.75. The molecular weight excluding hydrogens is 391 g/mol. The third kappa shape index (κ3) is 6.04. The van der Waals surface area contributed by atoms with Gasteiger partial charge in [-0.1, -0.05) is 0 Å². The first-order chi connectivity index (χ1) is 13.8. The quantitative estimate of drug-likeness (QED) is 0.716. The molecule has 1 heterocycles. The maximum Gasteiger partial charge on any atom is 0.425 e. The van der Waals surface area contributed by atoms with Gasteiger partial charge in [0.2, 0.25) is 0 Å². The van der Waals surface area contributed by atoms with E-state index in [4.69, 9.17) is 14.7 Å². The van der Waals surface area contributed by atoms with Gasteiger partial charge in [0, 0.05) is 6.07 Å². The van der Waals surface area contributed by atoms with Gasteiger partial charge in [-0.2, -0.15) is 15.3 Å². The zero-order valence-corrected chi connectivity index (χ0v) is 17.9. The van der Waals surface area contributed by atoms with Crippen molar-refractivity contribution in [3.05, 3.63) is 41.8 Å². The first-order valence-corrected chi connectivity index (χ1v) is 9.28. The van der Waals surface area contributed by atoms with E-state index in [9.17, 15) is 14.0 Å². The lowest BCUT2D eigenvalue weighted by atomic mass is 10.2. The van der Waals surface area contributed by atoms with E-state index >= 15 is 0 Å². The van der Waals surface area contributed by atoms with Gasteiger partial charge < -0.3 is 9.47 Å². The van der Waals surface area contributed by atoms with Crippen molar-refractivity contribution in [1.29, 1.82) is 5.26 Å². The smallest absolute Gasteiger partial charge is 0.425 e. The van der Waals surface area contributed by atoms with Gasteiger partial charge in [-0.05, 0) is 65.8 Å². The molecule has 1 aromatic carbocycles. The Hall–Kier alpha value is -3.41. The lowest BCUT2D eigenvalue weighted by molar-refractivity contribution is 0.0428. The molecule has 2 aromatic rings. The van der Waals surface area contributed by atoms with Crippen LogP contribution in [0.15, 0.2) is 30.3 Å². The van der Waals surface area contributed by atoms with Crippen LogP contribution in [0.1, 0.15) is 47.2 Å². The minimum atomic E-state index is -0.969. The van der Waals surface area contributed by atoms with Crippen molar-refractivity contribution in [2.75, 3.05) is 4.90 Å². The lowest BCUT2D eigenvalue weighted by Gasteiger charge is -2.28. The van der Waals surface area contributed by atoms with Crippen LogP contribution in [-0.2, 0) is 15.9 Å². The van der Waals surface area contributed by atoms with Crippen LogP contribution in [0.4, 0.5) is 19.8 Å². The van der Waals surface area contributed by atoms with Gasteiger partial charge in [-0.15, -0.1) is 0 Å². The topological polar surface area (TPSA) is 97.4 Å². The van der Waals surface area contributed by atoms with E-state index in [0.717, 1.165) is 0 Å². The maximum atomic E-state index is 13.4. The van der Waals surface area contributed by atoms with Crippen LogP contribution in [0.5, 0.6) is 0 Å². The lowest BCUT2D eigenvalue weighted by Crippen LogP contribution is -2.44. The Balaban J connectivity index is 2.63. The van der Waals surface area contributed by atoms with Gasteiger partial charge in [0.25, 0.3) is 0 Å². The number of nitrogens with zero attached hydrogens (tertiary/aromatic N) is 4. The van der Waals surface area contributed by atoms with Gasteiger partial charge in [-0.3, -0.25) is 0 Å². The molecule has 0 saturated carbocycles. The Morgan fingerprint density at radius 3 is 2.00 bits per heavy atom. The maximum absolute atomic E-state index is 13.4. The van der Waals surface area contributed by atoms with Crippen LogP contribution in [0.25, 0.3) is 5.69 Å². The van der Waals surface area contributed by atoms with E-state index < -0.39 is 29.2 Å². The Labute approximate surface area is 174 Å². The molecule has 160 valence electrons. The Morgan fingerprint density at radius 2 is 1.57 bits per heavy atom. The average Bonchev–Trinajstić information content (AvgIpc) is 2.96. The summed E-state index contributed by atoms with van der Waals surface area (Å²) in [7, 11) is 0. The monoisotopic (exact) mass is 416 g/mol. The fourth-order valence-electron chi connectivity index (χ4n) is 2.39. The summed E-state index contributed by atoms with van der Waals surface area (Å²) >= 11 is 0. The molecule has 0 spiro atoms. The van der Waals surface area contributed by atoms with Crippen molar-refractivity contribution in [3.63, 3.8) is 0 Å². The number of hydrogen-bond acceptors (Lipinski definition) is 6. The minimum absolute atomic E-state index is 0.00959. The summed E-state index contributed by atoms with van der Waals surface area (Å²) in [4.78, 5) is 26.6. The zero-order chi connectivity index (χ0) is 22.7. The summed E-state index contributed by atoms with van der Waals surface area (Å²) in [6.45, 7) is 9.98. The number of halogens is 1. The minimum Gasteiger partial charge on any atom is -0.443 e. The second kappa shape index (κ2) is 8.53. The number of anilines is 1. The number of nitriles is 1. The summed E-state index contributed by atoms with van der Waals surface area (Å²) < 4.78 is 25.4. The largest absolute Gasteiger partial charge is 0.443 e. The third-order valence-electron chi connectivity index (χ3n) is 3.45. The molecule has 2 rings (SSSR count). The fourth-order valence-corrected chi connectivity index (χ4v) is 2.39. The average molecular weight is 416 g/mol. The number of amides is 2. The number of carbonyl (C=O) groups is 2. The summed E-state index contributed by atoms with van der Waals surface area (Å²) in [6, 6.07) is 8.70. The highest BCUT2D eigenvalue weighted by molar-refractivity contribution is 6.09. The highest BCUT2D eigenvalue weighted by Crippen LogP contribution is 2.26. The molecule has 0 fully saturated rings. The Kier molecular flexibility index (Phi) is 6.50. The number of imide groups is 1. The number of aromatic nitrogens is 2. The summed E-state index contributed by atoms with van der Waals surface area (Å²) in [5, 5.41) is 13.3. The summed E-state index contributed by atoms with van der Waals surface area (Å²) in [5.74, 6) is -0.448. The van der Waals surface area contributed by atoms with Crippen molar-refractivity contribution < 1.29 is 23.5 Å². The van der Waals surface area contributed by atoms with Gasteiger partial charge >= 0.3 is 12.2 Å². The highest BCUT2D eigenvalue weighted by Gasteiger charge is 2.35. The van der Waals surface area contributed by atoms with E-state index in [0.29, 0.717) is 16.3 Å². The molecule has 1 aromatic heterocycles. The van der Waals surface area contributed by atoms with Crippen molar-refractivity contribution >= 4 is 18.0 Å². The molecule has 0 N–H and O–H groups in total. The number of ether oxygens (including phenoxy) is 2. The first kappa shape index (κ1) is 22.9. The molecule has 2 amide bonds. The van der Waals surface area contributed by atoms with Gasteiger partial charge in [0.15, 0.2) is 5.82 Å². The van der Waals surface area contributed by atoms with Crippen LogP contribution in [0.3, 0.4) is 0 Å². The normalized spacial score (nSPS) is 11.5. The summed E-state index contributed by atoms with van der Waals surface area (Å²) in [6.07, 6.45) is -2.00. The molecule has 0 unspecified atom stereocenters. The molecule has 30 heavy (non-hydrogen) atoms. The van der Waals surface area contributed by atoms with Crippen LogP contribution in [0.2, 0.25) is 0 Å². The number of hydrogen-bond donors (Lipinski definition) is 0. The van der Waals surface area contributed by atoms with E-state index in [-0.39, 0.29) is 12.2 Å². The molecule has 0 aliphatic rings. The Morgan fingerprint density at radius 1 is 1.07 bits per heavy atom. The van der Waals surface area contributed by atoms with Crippen molar-refractivity contribution in [2.45, 2.75) is 59.2 Å². The molecule has 0 atom stereocenters. The molecular formula is C21H25FN4O4. The van der Waals surface area contributed by atoms with Gasteiger partial charge in [0.1, 0.15) is 17.0 Å². The number of rotatable bonds is 3. The van der Waals surface area contributed by atoms with Crippen molar-refractivity contribution in [1.82, 2.24) is 9.78 Å². The first-order valence-electron chi connectivity index (χ1n) is 9.28. The van der Waals surface area contributed by atoms with Crippen LogP contribution < -0.4 is 4.90 Å². The second-order valence-electron chi connectivity index (χ2n) is 8.51. The fraction of sp³-hybridized carbons (Fsp3) is 0.429. The van der Waals surface area contributed by atoms with Crippen molar-refractivity contribution in [2.24, 2.45) is 0 Å². The standard InChI is InChI=1S/C21H25FN4O4/c1-20(2,3)29-18(27)25(19(28)30-21(4,5)6)17-13-15(11-12-23)24-26(17)16-9-7-14(22)8-10-16/h7-10,13H,11H2,1-6H3. The van der Waals surface area contributed by atoms with Gasteiger partial charge in [-0.25, -0.2) is 18.7 Å². The van der Waals surface area contributed by atoms with Gasteiger partial charge in [0.05, 0.1) is 23.9 Å². The van der Waals surface area contributed by atoms with E-state index in [2.05, 4.69) is 5.10 Å². The van der Waals surface area contributed by atoms with Crippen LogP contribution >= 0.6 is 0 Å². The second-order valence-corrected chi connectivity index (χ2v) is 8.51. The van der Waals surface area contributed by atoms with E-state index in [1.165, 1.54) is 35.0 Å². The number of benzene rings is 1. The predicted molar refractivity (Wildman–Crippen MR) is 108 cm³/mol. The van der Waals surface area contributed by atoms with Crippen LogP contribution in [0, 0.1) is 17.1 Å². The number of carbonyl (C=O) groups excluding carboxylic acids is 2. The summed E-state index contributed by atoms with van der Waals surface area (Å²) in [5.41, 5.74) is -1.07. The molecule has 8 nitrogen and oxygen atoms in total. The van der Waals surface area contributed by atoms with Crippen LogP contribution in [-0.4, -0.2) is 33.2 Å². The molecule has 9 heteroatoms. The third-order valence-corrected chi connectivity index (χ3v) is 3.45. The highest BCUT2D eigenvalue weighted by atomic mass is 19.1. The molecule has 0 saturated heterocycles. The van der Waals surface area contributed by atoms with E-state index in [1.54, 1.807) is 41.5 Å². The molecule has 0 aliphatic carbocycles. The zero-order valence-electron chi connectivity index (χ0n) is 17.9. The van der Waals surface area contributed by atoms with Crippen molar-refractivity contribution in [3.8, 4) is 11.8 Å². The molecule has 0 bridgehead atoms. The Bertz CT molecular complexity index is 935.